The molecule has 0 aromatic carbocycles. The molecule has 3 aliphatic carbocycles. The van der Waals surface area contributed by atoms with Crippen LogP contribution in [-0.2, 0) is 28.9 Å². The third kappa shape index (κ3) is 5.36. The van der Waals surface area contributed by atoms with Crippen molar-refractivity contribution in [1.82, 2.24) is 9.88 Å². The van der Waals surface area contributed by atoms with E-state index in [0.717, 1.165) is 69.0 Å². The molecule has 6 heteroatoms. The Labute approximate surface area is 197 Å². The molecule has 2 saturated carbocycles. The van der Waals surface area contributed by atoms with Crippen molar-refractivity contribution in [2.24, 2.45) is 5.92 Å². The molecular weight excluding hydrogens is 416 g/mol. The molecule has 33 heavy (non-hydrogen) atoms. The SMILES string of the molecule is COC(=O)C1(NC(=O)c2cc3c(n(CC4CCCCC4)c2=O)CCCCCC3)CCCCC1. The third-order valence-corrected chi connectivity index (χ3v) is 8.15. The van der Waals surface area contributed by atoms with E-state index < -0.39 is 17.4 Å². The van der Waals surface area contributed by atoms with E-state index in [9.17, 15) is 14.4 Å². The number of amides is 1. The summed E-state index contributed by atoms with van der Waals surface area (Å²) in [6, 6.07) is 1.84. The van der Waals surface area contributed by atoms with Crippen LogP contribution in [0.3, 0.4) is 0 Å². The Morgan fingerprint density at radius 1 is 0.970 bits per heavy atom. The molecule has 0 aliphatic heterocycles. The first-order chi connectivity index (χ1) is 16.0. The Balaban J connectivity index is 1.70. The predicted octanol–water partition coefficient (Wildman–Crippen LogP) is 4.69. The van der Waals surface area contributed by atoms with Crippen molar-refractivity contribution in [3.05, 3.63) is 33.2 Å². The monoisotopic (exact) mass is 456 g/mol. The maximum Gasteiger partial charge on any atom is 0.331 e. The largest absolute Gasteiger partial charge is 0.467 e. The molecule has 0 atom stereocenters. The first-order valence-electron chi connectivity index (χ1n) is 13.2. The van der Waals surface area contributed by atoms with Gasteiger partial charge in [0.25, 0.3) is 11.5 Å². The number of ether oxygens (including phenoxy) is 1. The van der Waals surface area contributed by atoms with Gasteiger partial charge in [0.1, 0.15) is 11.1 Å². The number of carbonyl (C=O) groups excluding carboxylic acids is 2. The highest BCUT2D eigenvalue weighted by molar-refractivity contribution is 5.98. The highest BCUT2D eigenvalue weighted by Crippen LogP contribution is 2.30. The van der Waals surface area contributed by atoms with Gasteiger partial charge in [-0.1, -0.05) is 51.4 Å². The average molecular weight is 457 g/mol. The number of esters is 1. The van der Waals surface area contributed by atoms with Crippen LogP contribution in [0.2, 0.25) is 0 Å². The topological polar surface area (TPSA) is 77.4 Å². The summed E-state index contributed by atoms with van der Waals surface area (Å²) in [6.07, 6.45) is 16.3. The van der Waals surface area contributed by atoms with Gasteiger partial charge in [-0.15, -0.1) is 0 Å². The van der Waals surface area contributed by atoms with Crippen LogP contribution in [-0.4, -0.2) is 29.1 Å². The van der Waals surface area contributed by atoms with Crippen molar-refractivity contribution in [1.29, 1.82) is 0 Å². The van der Waals surface area contributed by atoms with Crippen molar-refractivity contribution in [3.8, 4) is 0 Å². The molecule has 0 unspecified atom stereocenters. The number of nitrogens with one attached hydrogen (secondary N) is 1. The van der Waals surface area contributed by atoms with Gasteiger partial charge in [-0.2, -0.15) is 0 Å². The molecule has 4 rings (SSSR count). The number of rotatable bonds is 5. The summed E-state index contributed by atoms with van der Waals surface area (Å²) in [7, 11) is 1.37. The van der Waals surface area contributed by atoms with E-state index in [0.29, 0.717) is 25.3 Å². The molecule has 1 N–H and O–H groups in total. The second kappa shape index (κ2) is 10.9. The molecule has 6 nitrogen and oxygen atoms in total. The minimum Gasteiger partial charge on any atom is -0.467 e. The van der Waals surface area contributed by atoms with Gasteiger partial charge in [0.05, 0.1) is 7.11 Å². The molecule has 182 valence electrons. The lowest BCUT2D eigenvalue weighted by Gasteiger charge is -2.35. The second-order valence-corrected chi connectivity index (χ2v) is 10.5. The molecule has 2 fully saturated rings. The molecule has 3 aliphatic rings. The van der Waals surface area contributed by atoms with Gasteiger partial charge in [0.15, 0.2) is 0 Å². The van der Waals surface area contributed by atoms with Crippen LogP contribution in [0.5, 0.6) is 0 Å². The zero-order valence-electron chi connectivity index (χ0n) is 20.3. The summed E-state index contributed by atoms with van der Waals surface area (Å²) in [5.74, 6) is -0.317. The molecule has 1 heterocycles. The third-order valence-electron chi connectivity index (χ3n) is 8.15. The quantitative estimate of drug-likeness (QED) is 0.652. The first kappa shape index (κ1) is 24.0. The Kier molecular flexibility index (Phi) is 7.92. The van der Waals surface area contributed by atoms with Crippen molar-refractivity contribution in [2.45, 2.75) is 115 Å². The van der Waals surface area contributed by atoms with Crippen LogP contribution in [0.15, 0.2) is 10.9 Å². The van der Waals surface area contributed by atoms with E-state index in [2.05, 4.69) is 5.32 Å². The zero-order chi connectivity index (χ0) is 23.3. The standard InChI is InChI=1S/C27H40N2O4/c1-33-26(32)27(16-10-5-11-17-27)28-24(30)22-18-21-14-8-2-3-9-15-23(21)29(25(22)31)19-20-12-6-4-7-13-20/h18,20H,2-17,19H2,1H3,(H,28,30). The van der Waals surface area contributed by atoms with Gasteiger partial charge in [0, 0.05) is 12.2 Å². The Morgan fingerprint density at radius 3 is 2.30 bits per heavy atom. The van der Waals surface area contributed by atoms with Gasteiger partial charge in [-0.3, -0.25) is 9.59 Å². The molecule has 0 radical (unpaired) electrons. The number of methoxy groups -OCH3 is 1. The number of aromatic nitrogens is 1. The Hall–Kier alpha value is -2.11. The number of aryl methyl sites for hydroxylation is 1. The normalized spacial score (nSPS) is 21.4. The van der Waals surface area contributed by atoms with E-state index in [1.807, 2.05) is 10.6 Å². The lowest BCUT2D eigenvalue weighted by molar-refractivity contribution is -0.149. The van der Waals surface area contributed by atoms with Gasteiger partial charge in [-0.05, 0) is 68.9 Å². The lowest BCUT2D eigenvalue weighted by atomic mass is 9.81. The molecule has 1 amide bonds. The summed E-state index contributed by atoms with van der Waals surface area (Å²) >= 11 is 0. The van der Waals surface area contributed by atoms with Gasteiger partial charge in [0.2, 0.25) is 0 Å². The summed E-state index contributed by atoms with van der Waals surface area (Å²) < 4.78 is 7.01. The molecule has 0 spiro atoms. The maximum absolute atomic E-state index is 13.7. The minimum atomic E-state index is -1.02. The van der Waals surface area contributed by atoms with E-state index in [4.69, 9.17) is 4.74 Å². The van der Waals surface area contributed by atoms with Gasteiger partial charge >= 0.3 is 5.97 Å². The fourth-order valence-electron chi connectivity index (χ4n) is 6.23. The molecular formula is C27H40N2O4. The van der Waals surface area contributed by atoms with Gasteiger partial charge in [-0.25, -0.2) is 4.79 Å². The number of fused-ring (bicyclic) bond motifs is 1. The number of hydrogen-bond acceptors (Lipinski definition) is 4. The second-order valence-electron chi connectivity index (χ2n) is 10.5. The first-order valence-corrected chi connectivity index (χ1v) is 13.2. The van der Waals surface area contributed by atoms with Crippen molar-refractivity contribution in [3.63, 3.8) is 0 Å². The van der Waals surface area contributed by atoms with Crippen LogP contribution in [0.25, 0.3) is 0 Å². The van der Waals surface area contributed by atoms with Crippen LogP contribution < -0.4 is 10.9 Å². The summed E-state index contributed by atoms with van der Waals surface area (Å²) in [4.78, 5) is 39.9. The van der Waals surface area contributed by atoms with E-state index >= 15 is 0 Å². The Morgan fingerprint density at radius 2 is 1.61 bits per heavy atom. The minimum absolute atomic E-state index is 0.187. The van der Waals surface area contributed by atoms with Crippen molar-refractivity contribution >= 4 is 11.9 Å². The van der Waals surface area contributed by atoms with Crippen LogP contribution in [0, 0.1) is 5.92 Å². The fraction of sp³-hybridized carbons (Fsp3) is 0.741. The maximum atomic E-state index is 13.7. The molecule has 1 aromatic heterocycles. The smallest absolute Gasteiger partial charge is 0.331 e. The fourth-order valence-corrected chi connectivity index (χ4v) is 6.23. The molecule has 0 saturated heterocycles. The van der Waals surface area contributed by atoms with Crippen LogP contribution >= 0.6 is 0 Å². The molecule has 0 bridgehead atoms. The predicted molar refractivity (Wildman–Crippen MR) is 128 cm³/mol. The zero-order valence-corrected chi connectivity index (χ0v) is 20.3. The number of nitrogens with zero attached hydrogens (tertiary/aromatic N) is 1. The van der Waals surface area contributed by atoms with Gasteiger partial charge < -0.3 is 14.6 Å². The summed E-state index contributed by atoms with van der Waals surface area (Å²) in [5, 5.41) is 2.98. The molecule has 1 aromatic rings. The van der Waals surface area contributed by atoms with E-state index in [1.54, 1.807) is 0 Å². The summed E-state index contributed by atoms with van der Waals surface area (Å²) in [6.45, 7) is 0.713. The van der Waals surface area contributed by atoms with E-state index in [1.165, 1.54) is 39.2 Å². The number of hydrogen-bond donors (Lipinski definition) is 1. The highest BCUT2D eigenvalue weighted by atomic mass is 16.5. The Bertz CT molecular complexity index is 907. The number of carbonyl (C=O) groups is 2. The van der Waals surface area contributed by atoms with E-state index in [-0.39, 0.29) is 11.1 Å². The van der Waals surface area contributed by atoms with Crippen LogP contribution in [0.4, 0.5) is 0 Å². The highest BCUT2D eigenvalue weighted by Gasteiger charge is 2.42. The van der Waals surface area contributed by atoms with Crippen molar-refractivity contribution in [2.75, 3.05) is 7.11 Å². The van der Waals surface area contributed by atoms with Crippen molar-refractivity contribution < 1.29 is 14.3 Å². The van der Waals surface area contributed by atoms with Crippen LogP contribution in [0.1, 0.15) is 112 Å². The average Bonchev–Trinajstić information content (AvgIpc) is 2.82. The number of pyridine rings is 1. The summed E-state index contributed by atoms with van der Waals surface area (Å²) in [5.41, 5.74) is 1.27. The lowest BCUT2D eigenvalue weighted by Crippen LogP contribution is -2.57.